The summed E-state index contributed by atoms with van der Waals surface area (Å²) < 4.78 is 0. The molecule has 0 spiro atoms. The number of hydrogen-bond donors (Lipinski definition) is 2. The van der Waals surface area contributed by atoms with Crippen LogP contribution in [0.3, 0.4) is 0 Å². The molecule has 3 rings (SSSR count). The van der Waals surface area contributed by atoms with Crippen LogP contribution in [0.2, 0.25) is 10.0 Å². The molecule has 3 aromatic rings. The topological polar surface area (TPSA) is 58.2 Å². The Balaban J connectivity index is 1.70. The zero-order valence-electron chi connectivity index (χ0n) is 18.0. The van der Waals surface area contributed by atoms with Gasteiger partial charge in [-0.25, -0.2) is 0 Å². The normalized spacial score (nSPS) is 11.7. The molecule has 0 bridgehead atoms. The van der Waals surface area contributed by atoms with Crippen molar-refractivity contribution in [2.45, 2.75) is 37.3 Å². The minimum atomic E-state index is -0.325. The molecule has 0 aliphatic heterocycles. The third-order valence-electron chi connectivity index (χ3n) is 4.86. The number of rotatable bonds is 7. The molecule has 2 amide bonds. The van der Waals surface area contributed by atoms with Crippen LogP contribution in [-0.2, 0) is 4.79 Å². The molecule has 3 aromatic carbocycles. The number of nitrogens with one attached hydrogen (secondary N) is 2. The van der Waals surface area contributed by atoms with E-state index in [1.807, 2.05) is 57.2 Å². The monoisotopic (exact) mass is 486 g/mol. The van der Waals surface area contributed by atoms with Crippen LogP contribution in [-0.4, -0.2) is 17.1 Å². The van der Waals surface area contributed by atoms with Crippen molar-refractivity contribution in [2.75, 3.05) is 10.6 Å². The summed E-state index contributed by atoms with van der Waals surface area (Å²) in [6, 6.07) is 18.1. The lowest BCUT2D eigenvalue weighted by Gasteiger charge is -2.17. The van der Waals surface area contributed by atoms with Crippen molar-refractivity contribution in [1.29, 1.82) is 0 Å². The van der Waals surface area contributed by atoms with E-state index in [-0.39, 0.29) is 22.1 Å². The second-order valence-corrected chi connectivity index (χ2v) is 9.55. The maximum Gasteiger partial charge on any atom is 0.257 e. The van der Waals surface area contributed by atoms with Gasteiger partial charge in [0.05, 0.1) is 15.8 Å². The Morgan fingerprint density at radius 1 is 0.969 bits per heavy atom. The first kappa shape index (κ1) is 24.2. The summed E-state index contributed by atoms with van der Waals surface area (Å²) in [5, 5.41) is 6.38. The lowest BCUT2D eigenvalue weighted by molar-refractivity contribution is -0.115. The van der Waals surface area contributed by atoms with Gasteiger partial charge in [0.1, 0.15) is 0 Å². The Kier molecular flexibility index (Phi) is 8.24. The van der Waals surface area contributed by atoms with E-state index in [4.69, 9.17) is 23.2 Å². The lowest BCUT2D eigenvalue weighted by atomic mass is 10.1. The molecule has 0 saturated heterocycles. The highest BCUT2D eigenvalue weighted by Gasteiger charge is 2.19. The molecule has 1 unspecified atom stereocenters. The minimum absolute atomic E-state index is 0.0476. The zero-order chi connectivity index (χ0) is 23.3. The number of benzene rings is 3. The fraction of sp³-hybridized carbons (Fsp3) is 0.200. The fourth-order valence-corrected chi connectivity index (χ4v) is 4.60. The first-order valence-electron chi connectivity index (χ1n) is 10.2. The standard InChI is InChI=1S/C25H24Cl2N2O2S/c1-4-23(25(31)29-22-12-15(2)8-9-16(22)3)32-19-7-5-6-18(14-19)28-24(30)20-11-10-17(26)13-21(20)27/h5-14,23H,4H2,1-3H3,(H,28,30)(H,29,31). The molecule has 0 fully saturated rings. The van der Waals surface area contributed by atoms with Gasteiger partial charge in [-0.2, -0.15) is 0 Å². The van der Waals surface area contributed by atoms with Crippen LogP contribution < -0.4 is 10.6 Å². The molecule has 0 saturated carbocycles. The summed E-state index contributed by atoms with van der Waals surface area (Å²) in [6.45, 7) is 5.95. The third-order valence-corrected chi connectivity index (χ3v) is 6.77. The second kappa shape index (κ2) is 10.9. The average Bonchev–Trinajstić information content (AvgIpc) is 2.74. The number of thioether (sulfide) groups is 1. The Hall–Kier alpha value is -2.47. The number of aryl methyl sites for hydroxylation is 2. The number of carbonyl (C=O) groups is 2. The molecule has 0 heterocycles. The number of carbonyl (C=O) groups excluding carboxylic acids is 2. The lowest BCUT2D eigenvalue weighted by Crippen LogP contribution is -2.25. The van der Waals surface area contributed by atoms with Gasteiger partial charge in [-0.05, 0) is 73.9 Å². The van der Waals surface area contributed by atoms with Gasteiger partial charge in [0, 0.05) is 21.3 Å². The smallest absolute Gasteiger partial charge is 0.257 e. The van der Waals surface area contributed by atoms with E-state index in [0.717, 1.165) is 21.7 Å². The van der Waals surface area contributed by atoms with E-state index in [0.29, 0.717) is 22.7 Å². The summed E-state index contributed by atoms with van der Waals surface area (Å²) in [6.07, 6.45) is 0.665. The highest BCUT2D eigenvalue weighted by atomic mass is 35.5. The molecule has 4 nitrogen and oxygen atoms in total. The van der Waals surface area contributed by atoms with Crippen molar-refractivity contribution in [3.8, 4) is 0 Å². The quantitative estimate of drug-likeness (QED) is 0.342. The molecule has 32 heavy (non-hydrogen) atoms. The summed E-state index contributed by atoms with van der Waals surface area (Å²) >= 11 is 13.5. The molecule has 7 heteroatoms. The van der Waals surface area contributed by atoms with Crippen molar-refractivity contribution < 1.29 is 9.59 Å². The first-order chi connectivity index (χ1) is 15.3. The fourth-order valence-electron chi connectivity index (χ4n) is 3.09. The molecule has 0 aliphatic rings. The summed E-state index contributed by atoms with van der Waals surface area (Å²) in [5.41, 5.74) is 3.91. The van der Waals surface area contributed by atoms with Gasteiger partial charge in [-0.15, -0.1) is 11.8 Å². The maximum absolute atomic E-state index is 12.9. The van der Waals surface area contributed by atoms with E-state index in [1.165, 1.54) is 17.8 Å². The number of hydrogen-bond acceptors (Lipinski definition) is 3. The van der Waals surface area contributed by atoms with Gasteiger partial charge in [-0.3, -0.25) is 9.59 Å². The Bertz CT molecular complexity index is 1150. The van der Waals surface area contributed by atoms with Gasteiger partial charge in [0.15, 0.2) is 0 Å². The molecular weight excluding hydrogens is 463 g/mol. The van der Waals surface area contributed by atoms with E-state index >= 15 is 0 Å². The van der Waals surface area contributed by atoms with Crippen molar-refractivity contribution >= 4 is 58.2 Å². The molecule has 0 aromatic heterocycles. The molecule has 2 N–H and O–H groups in total. The highest BCUT2D eigenvalue weighted by molar-refractivity contribution is 8.00. The number of amides is 2. The highest BCUT2D eigenvalue weighted by Crippen LogP contribution is 2.30. The molecular formula is C25H24Cl2N2O2S. The zero-order valence-corrected chi connectivity index (χ0v) is 20.4. The second-order valence-electron chi connectivity index (χ2n) is 7.43. The van der Waals surface area contributed by atoms with E-state index in [2.05, 4.69) is 10.6 Å². The van der Waals surface area contributed by atoms with Crippen LogP contribution in [0, 0.1) is 13.8 Å². The van der Waals surface area contributed by atoms with E-state index in [9.17, 15) is 9.59 Å². The van der Waals surface area contributed by atoms with Crippen molar-refractivity contribution in [1.82, 2.24) is 0 Å². The summed E-state index contributed by atoms with van der Waals surface area (Å²) in [7, 11) is 0. The van der Waals surface area contributed by atoms with Gasteiger partial charge in [0.25, 0.3) is 5.91 Å². The molecule has 0 radical (unpaired) electrons. The van der Waals surface area contributed by atoms with Gasteiger partial charge >= 0.3 is 0 Å². The van der Waals surface area contributed by atoms with Crippen molar-refractivity contribution in [2.24, 2.45) is 0 Å². The summed E-state index contributed by atoms with van der Waals surface area (Å²) in [4.78, 5) is 26.4. The predicted octanol–water partition coefficient (Wildman–Crippen LogP) is 7.37. The van der Waals surface area contributed by atoms with Crippen LogP contribution in [0.5, 0.6) is 0 Å². The van der Waals surface area contributed by atoms with Crippen LogP contribution in [0.1, 0.15) is 34.8 Å². The SMILES string of the molecule is CCC(Sc1cccc(NC(=O)c2ccc(Cl)cc2Cl)c1)C(=O)Nc1cc(C)ccc1C. The largest absolute Gasteiger partial charge is 0.325 e. The average molecular weight is 487 g/mol. The maximum atomic E-state index is 12.9. The number of halogens is 2. The molecule has 0 aliphatic carbocycles. The molecule has 1 atom stereocenters. The Labute approximate surface area is 202 Å². The third kappa shape index (κ3) is 6.28. The predicted molar refractivity (Wildman–Crippen MR) is 135 cm³/mol. The van der Waals surface area contributed by atoms with Gasteiger partial charge in [-0.1, -0.05) is 48.3 Å². The van der Waals surface area contributed by atoms with Gasteiger partial charge < -0.3 is 10.6 Å². The van der Waals surface area contributed by atoms with Crippen molar-refractivity contribution in [3.05, 3.63) is 87.4 Å². The van der Waals surface area contributed by atoms with E-state index < -0.39 is 0 Å². The van der Waals surface area contributed by atoms with Crippen molar-refractivity contribution in [3.63, 3.8) is 0 Å². The van der Waals surface area contributed by atoms with Crippen LogP contribution in [0.25, 0.3) is 0 Å². The van der Waals surface area contributed by atoms with Crippen LogP contribution in [0.15, 0.2) is 65.6 Å². The minimum Gasteiger partial charge on any atom is -0.325 e. The van der Waals surface area contributed by atoms with E-state index in [1.54, 1.807) is 18.2 Å². The first-order valence-corrected chi connectivity index (χ1v) is 11.8. The van der Waals surface area contributed by atoms with Crippen LogP contribution >= 0.6 is 35.0 Å². The van der Waals surface area contributed by atoms with Gasteiger partial charge in [0.2, 0.25) is 5.91 Å². The van der Waals surface area contributed by atoms with Crippen LogP contribution in [0.4, 0.5) is 11.4 Å². The Morgan fingerprint density at radius 3 is 2.47 bits per heavy atom. The molecule has 166 valence electrons. The summed E-state index contributed by atoms with van der Waals surface area (Å²) in [5.74, 6) is -0.373. The Morgan fingerprint density at radius 2 is 1.75 bits per heavy atom. The number of anilines is 2.